The summed E-state index contributed by atoms with van der Waals surface area (Å²) in [6.07, 6.45) is 1.50. The van der Waals surface area contributed by atoms with Gasteiger partial charge in [-0.1, -0.05) is 41.7 Å². The van der Waals surface area contributed by atoms with Crippen LogP contribution in [-0.2, 0) is 0 Å². The van der Waals surface area contributed by atoms with Crippen LogP contribution in [0.5, 0.6) is 0 Å². The lowest BCUT2D eigenvalue weighted by Gasteiger charge is -2.11. The predicted octanol–water partition coefficient (Wildman–Crippen LogP) is 2.90. The molecule has 1 aliphatic rings. The van der Waals surface area contributed by atoms with Gasteiger partial charge in [0.2, 0.25) is 0 Å². The molecular formula is C6H13ISi. The van der Waals surface area contributed by atoms with Crippen molar-refractivity contribution < 1.29 is 0 Å². The van der Waals surface area contributed by atoms with Crippen LogP contribution in [0.25, 0.3) is 0 Å². The van der Waals surface area contributed by atoms with E-state index in [0.29, 0.717) is 0 Å². The van der Waals surface area contributed by atoms with Crippen molar-refractivity contribution in [3.05, 3.63) is 0 Å². The van der Waals surface area contributed by atoms with E-state index in [1.807, 2.05) is 0 Å². The van der Waals surface area contributed by atoms with Crippen LogP contribution in [0, 0.1) is 0 Å². The Kier molecular flexibility index (Phi) is 2.02. The van der Waals surface area contributed by atoms with Gasteiger partial charge in [-0.25, -0.2) is 0 Å². The Morgan fingerprint density at radius 3 is 2.25 bits per heavy atom. The third-order valence-electron chi connectivity index (χ3n) is 1.91. The molecule has 0 saturated carbocycles. The van der Waals surface area contributed by atoms with E-state index >= 15 is 0 Å². The highest BCUT2D eigenvalue weighted by Gasteiger charge is 2.30. The summed E-state index contributed by atoms with van der Waals surface area (Å²) in [6.45, 7) is 5.01. The average molecular weight is 240 g/mol. The first kappa shape index (κ1) is 7.06. The van der Waals surface area contributed by atoms with E-state index in [0.717, 1.165) is 3.92 Å². The van der Waals surface area contributed by atoms with Crippen molar-refractivity contribution in [1.29, 1.82) is 0 Å². The minimum atomic E-state index is -0.611. The first-order valence-corrected chi connectivity index (χ1v) is 7.90. The summed E-state index contributed by atoms with van der Waals surface area (Å²) in [6, 6.07) is 3.13. The smallest absolute Gasteiger partial charge is 0.0484 e. The van der Waals surface area contributed by atoms with Crippen molar-refractivity contribution in [3.63, 3.8) is 0 Å². The molecule has 0 aromatic heterocycles. The van der Waals surface area contributed by atoms with Crippen LogP contribution in [-0.4, -0.2) is 12.0 Å². The van der Waals surface area contributed by atoms with Gasteiger partial charge in [-0.15, -0.1) is 0 Å². The van der Waals surface area contributed by atoms with E-state index in [9.17, 15) is 0 Å². The number of hydrogen-bond acceptors (Lipinski definition) is 0. The van der Waals surface area contributed by atoms with Gasteiger partial charge in [0.15, 0.2) is 0 Å². The molecule has 1 aliphatic heterocycles. The van der Waals surface area contributed by atoms with Gasteiger partial charge in [0, 0.05) is 12.0 Å². The quantitative estimate of drug-likeness (QED) is 0.347. The van der Waals surface area contributed by atoms with Gasteiger partial charge in [-0.3, -0.25) is 0 Å². The Morgan fingerprint density at radius 2 is 2.12 bits per heavy atom. The third kappa shape index (κ3) is 1.72. The van der Waals surface area contributed by atoms with Gasteiger partial charge >= 0.3 is 0 Å². The minimum absolute atomic E-state index is 0.611. The number of alkyl halides is 1. The fraction of sp³-hybridized carbons (Fsp3) is 1.00. The molecule has 2 heteroatoms. The van der Waals surface area contributed by atoms with Crippen molar-refractivity contribution in [1.82, 2.24) is 0 Å². The zero-order valence-electron chi connectivity index (χ0n) is 5.58. The van der Waals surface area contributed by atoms with Gasteiger partial charge in [-0.2, -0.15) is 0 Å². The molecule has 0 nitrogen and oxygen atoms in total. The second-order valence-electron chi connectivity index (χ2n) is 3.50. The Bertz CT molecular complexity index is 90.5. The van der Waals surface area contributed by atoms with Crippen LogP contribution in [0.3, 0.4) is 0 Å². The summed E-state index contributed by atoms with van der Waals surface area (Å²) in [5.41, 5.74) is 0. The normalized spacial score (nSPS) is 35.6. The highest BCUT2D eigenvalue weighted by molar-refractivity contribution is 14.1. The van der Waals surface area contributed by atoms with Crippen LogP contribution in [0.4, 0.5) is 0 Å². The molecule has 1 atom stereocenters. The predicted molar refractivity (Wildman–Crippen MR) is 49.5 cm³/mol. The minimum Gasteiger partial charge on any atom is -0.0829 e. The van der Waals surface area contributed by atoms with Crippen molar-refractivity contribution in [2.24, 2.45) is 0 Å². The van der Waals surface area contributed by atoms with Gasteiger partial charge in [0.1, 0.15) is 0 Å². The summed E-state index contributed by atoms with van der Waals surface area (Å²) in [4.78, 5) is 0. The second kappa shape index (κ2) is 2.29. The van der Waals surface area contributed by atoms with Gasteiger partial charge in [-0.05, 0) is 12.5 Å². The summed E-state index contributed by atoms with van der Waals surface area (Å²) in [7, 11) is -0.611. The molecule has 0 spiro atoms. The molecule has 0 aliphatic carbocycles. The van der Waals surface area contributed by atoms with Gasteiger partial charge < -0.3 is 0 Å². The van der Waals surface area contributed by atoms with E-state index in [1.54, 1.807) is 12.1 Å². The van der Waals surface area contributed by atoms with Gasteiger partial charge in [0.25, 0.3) is 0 Å². The van der Waals surface area contributed by atoms with Crippen molar-refractivity contribution in [2.45, 2.75) is 35.5 Å². The van der Waals surface area contributed by atoms with Gasteiger partial charge in [0.05, 0.1) is 0 Å². The summed E-state index contributed by atoms with van der Waals surface area (Å²) < 4.78 is 1.02. The maximum absolute atomic E-state index is 2.59. The van der Waals surface area contributed by atoms with Crippen molar-refractivity contribution >= 4 is 30.7 Å². The zero-order valence-corrected chi connectivity index (χ0v) is 8.73. The molecule has 0 aromatic carbocycles. The van der Waals surface area contributed by atoms with E-state index < -0.39 is 8.07 Å². The number of halogens is 1. The molecule has 0 aromatic rings. The maximum atomic E-state index is 2.59. The summed E-state index contributed by atoms with van der Waals surface area (Å²) >= 11 is 2.59. The van der Waals surface area contributed by atoms with E-state index in [4.69, 9.17) is 0 Å². The average Bonchev–Trinajstić information content (AvgIpc) is 1.82. The highest BCUT2D eigenvalue weighted by atomic mass is 127. The Morgan fingerprint density at radius 1 is 1.50 bits per heavy atom. The largest absolute Gasteiger partial charge is 0.0829 e. The summed E-state index contributed by atoms with van der Waals surface area (Å²) in [5.74, 6) is 0. The van der Waals surface area contributed by atoms with E-state index in [1.165, 1.54) is 6.42 Å². The lowest BCUT2D eigenvalue weighted by atomic mass is 10.4. The number of rotatable bonds is 0. The Balaban J connectivity index is 2.44. The standard InChI is InChI=1S/C6H13ISi/c1-8(2)4-3-6(7)5-8/h6H,3-5H2,1-2H3. The molecule has 1 fully saturated rings. The van der Waals surface area contributed by atoms with E-state index in [-0.39, 0.29) is 0 Å². The summed E-state index contributed by atoms with van der Waals surface area (Å²) in [5, 5.41) is 0. The molecule has 0 N–H and O–H groups in total. The third-order valence-corrected chi connectivity index (χ3v) is 7.04. The van der Waals surface area contributed by atoms with Crippen LogP contribution in [0.15, 0.2) is 0 Å². The molecule has 48 valence electrons. The molecule has 0 amide bonds. The molecular weight excluding hydrogens is 227 g/mol. The van der Waals surface area contributed by atoms with Crippen LogP contribution in [0.1, 0.15) is 6.42 Å². The van der Waals surface area contributed by atoms with Crippen LogP contribution in [0.2, 0.25) is 25.2 Å². The monoisotopic (exact) mass is 240 g/mol. The topological polar surface area (TPSA) is 0 Å². The number of hydrogen-bond donors (Lipinski definition) is 0. The molecule has 1 saturated heterocycles. The Labute approximate surface area is 66.2 Å². The first-order valence-electron chi connectivity index (χ1n) is 3.24. The maximum Gasteiger partial charge on any atom is 0.0484 e. The zero-order chi connectivity index (χ0) is 6.20. The lowest BCUT2D eigenvalue weighted by Crippen LogP contribution is -2.19. The molecule has 1 rings (SSSR count). The molecule has 0 bridgehead atoms. The van der Waals surface area contributed by atoms with Crippen molar-refractivity contribution in [3.8, 4) is 0 Å². The first-order chi connectivity index (χ1) is 3.60. The Hall–Kier alpha value is 0.947. The van der Waals surface area contributed by atoms with Crippen LogP contribution < -0.4 is 0 Å². The van der Waals surface area contributed by atoms with Crippen molar-refractivity contribution in [2.75, 3.05) is 0 Å². The van der Waals surface area contributed by atoms with E-state index in [2.05, 4.69) is 35.7 Å². The molecule has 8 heavy (non-hydrogen) atoms. The lowest BCUT2D eigenvalue weighted by molar-refractivity contribution is 0.989. The second-order valence-corrected chi connectivity index (χ2v) is 10.5. The SMILES string of the molecule is C[Si]1(C)CCC(I)C1. The molecule has 0 radical (unpaired) electrons. The fourth-order valence-corrected chi connectivity index (χ4v) is 8.56. The fourth-order valence-electron chi connectivity index (χ4n) is 1.35. The van der Waals surface area contributed by atoms with Crippen LogP contribution >= 0.6 is 22.6 Å². The highest BCUT2D eigenvalue weighted by Crippen LogP contribution is 2.34. The molecule has 1 heterocycles. The molecule has 1 unspecified atom stereocenters.